The lowest BCUT2D eigenvalue weighted by molar-refractivity contribution is -0.137. The summed E-state index contributed by atoms with van der Waals surface area (Å²) < 4.78 is 38.3. The van der Waals surface area contributed by atoms with Crippen LogP contribution >= 0.6 is 11.3 Å². The van der Waals surface area contributed by atoms with Crippen LogP contribution in [0.5, 0.6) is 0 Å². The first-order valence-corrected chi connectivity index (χ1v) is 7.20. The molecule has 0 fully saturated rings. The number of benzene rings is 1. The maximum Gasteiger partial charge on any atom is 0.416 e. The summed E-state index contributed by atoms with van der Waals surface area (Å²) in [5.41, 5.74) is 0.0225. The molecule has 108 valence electrons. The van der Waals surface area contributed by atoms with Crippen molar-refractivity contribution in [3.05, 3.63) is 57.3 Å². The highest BCUT2D eigenvalue weighted by Gasteiger charge is 2.31. The van der Waals surface area contributed by atoms with Crippen LogP contribution < -0.4 is 5.32 Å². The summed E-state index contributed by atoms with van der Waals surface area (Å²) in [4.78, 5) is 2.26. The Hall–Kier alpha value is -1.33. The number of rotatable bonds is 4. The fourth-order valence-corrected chi connectivity index (χ4v) is 3.20. The molecule has 0 aliphatic rings. The van der Waals surface area contributed by atoms with Gasteiger partial charge in [-0.1, -0.05) is 19.1 Å². The van der Waals surface area contributed by atoms with Crippen LogP contribution in [0.25, 0.3) is 0 Å². The van der Waals surface area contributed by atoms with Crippen LogP contribution in [-0.4, -0.2) is 7.05 Å². The summed E-state index contributed by atoms with van der Waals surface area (Å²) in [7, 11) is 1.76. The Kier molecular flexibility index (Phi) is 4.50. The summed E-state index contributed by atoms with van der Waals surface area (Å²) in [6, 6.07) is 9.29. The minimum Gasteiger partial charge on any atom is -0.309 e. The second kappa shape index (κ2) is 5.97. The second-order valence-electron chi connectivity index (χ2n) is 4.50. The van der Waals surface area contributed by atoms with Gasteiger partial charge in [-0.3, -0.25) is 0 Å². The Labute approximate surface area is 120 Å². The molecule has 0 bridgehead atoms. The van der Waals surface area contributed by atoms with Crippen LogP contribution in [0.1, 0.15) is 33.8 Å². The fraction of sp³-hybridized carbons (Fsp3) is 0.333. The smallest absolute Gasteiger partial charge is 0.309 e. The van der Waals surface area contributed by atoms with Gasteiger partial charge >= 0.3 is 6.18 Å². The Morgan fingerprint density at radius 3 is 2.50 bits per heavy atom. The molecule has 0 saturated carbocycles. The Balaban J connectivity index is 2.37. The summed E-state index contributed by atoms with van der Waals surface area (Å²) in [5.74, 6) is 0. The van der Waals surface area contributed by atoms with Gasteiger partial charge in [-0.25, -0.2) is 0 Å². The van der Waals surface area contributed by atoms with Gasteiger partial charge in [-0.05, 0) is 43.3 Å². The molecule has 0 amide bonds. The van der Waals surface area contributed by atoms with Crippen LogP contribution in [0.15, 0.2) is 36.4 Å². The molecule has 0 aliphatic heterocycles. The summed E-state index contributed by atoms with van der Waals surface area (Å²) in [6.45, 7) is 2.06. The van der Waals surface area contributed by atoms with Crippen molar-refractivity contribution in [2.24, 2.45) is 0 Å². The van der Waals surface area contributed by atoms with E-state index in [1.54, 1.807) is 24.5 Å². The maximum atomic E-state index is 12.8. The van der Waals surface area contributed by atoms with Crippen LogP contribution in [0, 0.1) is 0 Å². The molecular formula is C15H16F3NS. The van der Waals surface area contributed by atoms with Crippen molar-refractivity contribution in [3.63, 3.8) is 0 Å². The lowest BCUT2D eigenvalue weighted by Gasteiger charge is -2.17. The summed E-state index contributed by atoms with van der Waals surface area (Å²) in [6.07, 6.45) is -3.37. The van der Waals surface area contributed by atoms with Gasteiger partial charge in [0.25, 0.3) is 0 Å². The van der Waals surface area contributed by atoms with Gasteiger partial charge in [0.15, 0.2) is 0 Å². The molecule has 1 N–H and O–H groups in total. The summed E-state index contributed by atoms with van der Waals surface area (Å²) >= 11 is 1.63. The molecule has 20 heavy (non-hydrogen) atoms. The standard InChI is InChI=1S/C15H16F3NS/c1-3-12-7-8-13(20-12)14(19-2)10-5-4-6-11(9-10)15(16,17)18/h4-9,14,19H,3H2,1-2H3. The van der Waals surface area contributed by atoms with E-state index in [2.05, 4.69) is 12.2 Å². The predicted molar refractivity (Wildman–Crippen MR) is 76.0 cm³/mol. The molecule has 0 radical (unpaired) electrons. The third-order valence-corrected chi connectivity index (χ3v) is 4.45. The SMILES string of the molecule is CCc1ccc(C(NC)c2cccc(C(F)(F)F)c2)s1. The van der Waals surface area contributed by atoms with E-state index in [1.807, 2.05) is 12.1 Å². The lowest BCUT2D eigenvalue weighted by Crippen LogP contribution is -2.17. The number of thiophene rings is 1. The zero-order valence-electron chi connectivity index (χ0n) is 11.3. The van der Waals surface area contributed by atoms with E-state index in [0.29, 0.717) is 5.56 Å². The van der Waals surface area contributed by atoms with Crippen LogP contribution in [0.4, 0.5) is 13.2 Å². The van der Waals surface area contributed by atoms with Gasteiger partial charge < -0.3 is 5.32 Å². The number of halogens is 3. The van der Waals surface area contributed by atoms with Gasteiger partial charge in [-0.15, -0.1) is 11.3 Å². The third kappa shape index (κ3) is 3.22. The molecule has 1 aromatic carbocycles. The number of alkyl halides is 3. The van der Waals surface area contributed by atoms with E-state index in [1.165, 1.54) is 17.0 Å². The Morgan fingerprint density at radius 2 is 1.95 bits per heavy atom. The molecule has 1 aromatic heterocycles. The van der Waals surface area contributed by atoms with E-state index >= 15 is 0 Å². The number of hydrogen-bond donors (Lipinski definition) is 1. The molecule has 1 heterocycles. The lowest BCUT2D eigenvalue weighted by atomic mass is 10.0. The van der Waals surface area contributed by atoms with Crippen molar-refractivity contribution in [2.75, 3.05) is 7.05 Å². The molecule has 5 heteroatoms. The highest BCUT2D eigenvalue weighted by molar-refractivity contribution is 7.12. The van der Waals surface area contributed by atoms with E-state index < -0.39 is 11.7 Å². The Bertz CT molecular complexity index is 574. The average molecular weight is 299 g/mol. The fourth-order valence-electron chi connectivity index (χ4n) is 2.11. The van der Waals surface area contributed by atoms with E-state index in [9.17, 15) is 13.2 Å². The van der Waals surface area contributed by atoms with E-state index in [4.69, 9.17) is 0 Å². The van der Waals surface area contributed by atoms with E-state index in [0.717, 1.165) is 17.4 Å². The normalized spacial score (nSPS) is 13.4. The number of nitrogens with one attached hydrogen (secondary N) is 1. The third-order valence-electron chi connectivity index (χ3n) is 3.15. The van der Waals surface area contributed by atoms with Crippen molar-refractivity contribution in [2.45, 2.75) is 25.6 Å². The van der Waals surface area contributed by atoms with Crippen molar-refractivity contribution >= 4 is 11.3 Å². The topological polar surface area (TPSA) is 12.0 Å². The van der Waals surface area contributed by atoms with Crippen molar-refractivity contribution in [3.8, 4) is 0 Å². The maximum absolute atomic E-state index is 12.8. The first kappa shape index (κ1) is 15.1. The van der Waals surface area contributed by atoms with Crippen LogP contribution in [0.2, 0.25) is 0 Å². The largest absolute Gasteiger partial charge is 0.416 e. The molecule has 2 aromatic rings. The predicted octanol–water partition coefficient (Wildman–Crippen LogP) is 4.64. The number of hydrogen-bond acceptors (Lipinski definition) is 2. The minimum absolute atomic E-state index is 0.206. The van der Waals surface area contributed by atoms with Crippen LogP contribution in [-0.2, 0) is 12.6 Å². The number of aryl methyl sites for hydroxylation is 1. The highest BCUT2D eigenvalue weighted by atomic mass is 32.1. The molecule has 1 nitrogen and oxygen atoms in total. The monoisotopic (exact) mass is 299 g/mol. The van der Waals surface area contributed by atoms with Crippen LogP contribution in [0.3, 0.4) is 0 Å². The van der Waals surface area contributed by atoms with Crippen molar-refractivity contribution in [1.82, 2.24) is 5.32 Å². The molecule has 1 unspecified atom stereocenters. The first-order valence-electron chi connectivity index (χ1n) is 6.38. The molecule has 2 rings (SSSR count). The van der Waals surface area contributed by atoms with Crippen molar-refractivity contribution in [1.29, 1.82) is 0 Å². The minimum atomic E-state index is -4.31. The molecule has 0 spiro atoms. The van der Waals surface area contributed by atoms with Crippen molar-refractivity contribution < 1.29 is 13.2 Å². The second-order valence-corrected chi connectivity index (χ2v) is 5.70. The summed E-state index contributed by atoms with van der Waals surface area (Å²) in [5, 5.41) is 3.09. The molecule has 0 saturated heterocycles. The van der Waals surface area contributed by atoms with Gasteiger partial charge in [-0.2, -0.15) is 13.2 Å². The van der Waals surface area contributed by atoms with Gasteiger partial charge in [0.05, 0.1) is 11.6 Å². The Morgan fingerprint density at radius 1 is 1.20 bits per heavy atom. The average Bonchev–Trinajstić information content (AvgIpc) is 2.88. The zero-order chi connectivity index (χ0) is 14.8. The highest BCUT2D eigenvalue weighted by Crippen LogP contribution is 2.33. The molecule has 0 aliphatic carbocycles. The van der Waals surface area contributed by atoms with E-state index in [-0.39, 0.29) is 6.04 Å². The quantitative estimate of drug-likeness (QED) is 0.867. The van der Waals surface area contributed by atoms with Gasteiger partial charge in [0.2, 0.25) is 0 Å². The molecular weight excluding hydrogens is 283 g/mol. The molecule has 1 atom stereocenters. The van der Waals surface area contributed by atoms with Gasteiger partial charge in [0.1, 0.15) is 0 Å². The van der Waals surface area contributed by atoms with Gasteiger partial charge in [0, 0.05) is 9.75 Å². The zero-order valence-corrected chi connectivity index (χ0v) is 12.1. The first-order chi connectivity index (χ1) is 9.45.